The number of aromatic nitrogens is 2. The van der Waals surface area contributed by atoms with E-state index in [9.17, 15) is 4.79 Å². The van der Waals surface area contributed by atoms with Crippen molar-refractivity contribution < 1.29 is 9.21 Å². The van der Waals surface area contributed by atoms with Crippen LogP contribution < -0.4 is 5.32 Å². The van der Waals surface area contributed by atoms with Crippen LogP contribution in [-0.4, -0.2) is 21.9 Å². The van der Waals surface area contributed by atoms with E-state index in [-0.39, 0.29) is 11.7 Å². The van der Waals surface area contributed by atoms with Gasteiger partial charge in [0.2, 0.25) is 11.8 Å². The van der Waals surface area contributed by atoms with Gasteiger partial charge in [-0.05, 0) is 50.1 Å². The van der Waals surface area contributed by atoms with Crippen molar-refractivity contribution in [3.8, 4) is 11.5 Å². The van der Waals surface area contributed by atoms with E-state index < -0.39 is 0 Å². The molecule has 1 amide bonds. The van der Waals surface area contributed by atoms with Gasteiger partial charge in [-0.1, -0.05) is 41.6 Å². The summed E-state index contributed by atoms with van der Waals surface area (Å²) in [6.45, 7) is 6.02. The molecule has 0 saturated carbocycles. The molecule has 25 heavy (non-hydrogen) atoms. The SMILES string of the molecule is Cc1cccc(-c2nnc(SCC(=O)Nc3cccc(C)c3C)o2)c1. The molecule has 1 N–H and O–H groups in total. The molecule has 0 unspecified atom stereocenters. The van der Waals surface area contributed by atoms with Gasteiger partial charge >= 0.3 is 0 Å². The monoisotopic (exact) mass is 353 g/mol. The zero-order valence-electron chi connectivity index (χ0n) is 14.4. The molecule has 0 aliphatic heterocycles. The fourth-order valence-corrected chi connectivity index (χ4v) is 2.93. The topological polar surface area (TPSA) is 68.0 Å². The number of carbonyl (C=O) groups is 1. The summed E-state index contributed by atoms with van der Waals surface area (Å²) in [7, 11) is 0. The first-order valence-electron chi connectivity index (χ1n) is 7.92. The molecular formula is C19H19N3O2S. The summed E-state index contributed by atoms with van der Waals surface area (Å²) in [5.41, 5.74) is 5.04. The molecule has 1 aromatic heterocycles. The predicted octanol–water partition coefficient (Wildman–Crippen LogP) is 4.39. The number of nitrogens with zero attached hydrogens (tertiary/aromatic N) is 2. The summed E-state index contributed by atoms with van der Waals surface area (Å²) in [4.78, 5) is 12.1. The predicted molar refractivity (Wildman–Crippen MR) is 99.7 cm³/mol. The molecule has 2 aromatic carbocycles. The zero-order valence-corrected chi connectivity index (χ0v) is 15.2. The van der Waals surface area contributed by atoms with Gasteiger partial charge in [0.05, 0.1) is 5.75 Å². The molecule has 0 atom stereocenters. The van der Waals surface area contributed by atoms with Crippen molar-refractivity contribution in [3.63, 3.8) is 0 Å². The Kier molecular flexibility index (Phi) is 5.19. The molecule has 0 spiro atoms. The third-order valence-electron chi connectivity index (χ3n) is 3.88. The Hall–Kier alpha value is -2.60. The summed E-state index contributed by atoms with van der Waals surface area (Å²) >= 11 is 1.23. The lowest BCUT2D eigenvalue weighted by Gasteiger charge is -2.09. The lowest BCUT2D eigenvalue weighted by atomic mass is 10.1. The van der Waals surface area contributed by atoms with Crippen LogP contribution >= 0.6 is 11.8 Å². The van der Waals surface area contributed by atoms with Crippen molar-refractivity contribution >= 4 is 23.4 Å². The van der Waals surface area contributed by atoms with E-state index in [1.807, 2.05) is 63.2 Å². The van der Waals surface area contributed by atoms with Crippen LogP contribution in [-0.2, 0) is 4.79 Å². The first-order chi connectivity index (χ1) is 12.0. The Balaban J connectivity index is 1.60. The van der Waals surface area contributed by atoms with Crippen molar-refractivity contribution in [3.05, 3.63) is 59.2 Å². The summed E-state index contributed by atoms with van der Waals surface area (Å²) in [6, 6.07) is 13.7. The molecule has 0 bridgehead atoms. The Labute approximate surface area is 150 Å². The molecule has 6 heteroatoms. The van der Waals surface area contributed by atoms with Gasteiger partial charge in [0, 0.05) is 11.3 Å². The van der Waals surface area contributed by atoms with E-state index in [0.29, 0.717) is 11.1 Å². The summed E-state index contributed by atoms with van der Waals surface area (Å²) in [5, 5.41) is 11.3. The highest BCUT2D eigenvalue weighted by molar-refractivity contribution is 7.99. The van der Waals surface area contributed by atoms with E-state index in [0.717, 1.165) is 27.9 Å². The lowest BCUT2D eigenvalue weighted by Crippen LogP contribution is -2.15. The number of hydrogen-bond acceptors (Lipinski definition) is 5. The van der Waals surface area contributed by atoms with E-state index in [2.05, 4.69) is 15.5 Å². The fraction of sp³-hybridized carbons (Fsp3) is 0.211. The number of rotatable bonds is 5. The quantitative estimate of drug-likeness (QED) is 0.689. The minimum atomic E-state index is -0.103. The van der Waals surface area contributed by atoms with Crippen LogP contribution in [0.4, 0.5) is 5.69 Å². The summed E-state index contributed by atoms with van der Waals surface area (Å²) in [6.07, 6.45) is 0. The van der Waals surface area contributed by atoms with Gasteiger partial charge in [-0.2, -0.15) is 0 Å². The van der Waals surface area contributed by atoms with E-state index in [4.69, 9.17) is 4.42 Å². The zero-order chi connectivity index (χ0) is 17.8. The largest absolute Gasteiger partial charge is 0.411 e. The molecule has 0 aliphatic rings. The minimum Gasteiger partial charge on any atom is -0.411 e. The van der Waals surface area contributed by atoms with Crippen molar-refractivity contribution in [1.82, 2.24) is 10.2 Å². The second-order valence-corrected chi connectivity index (χ2v) is 6.75. The highest BCUT2D eigenvalue weighted by Crippen LogP contribution is 2.24. The van der Waals surface area contributed by atoms with Gasteiger partial charge in [-0.25, -0.2) is 0 Å². The number of amides is 1. The van der Waals surface area contributed by atoms with Crippen LogP contribution in [0.25, 0.3) is 11.5 Å². The number of aryl methyl sites for hydroxylation is 2. The molecule has 1 heterocycles. The average molecular weight is 353 g/mol. The third kappa shape index (κ3) is 4.28. The van der Waals surface area contributed by atoms with Crippen LogP contribution in [0.3, 0.4) is 0 Å². The number of nitrogens with one attached hydrogen (secondary N) is 1. The van der Waals surface area contributed by atoms with Gasteiger partial charge in [-0.3, -0.25) is 4.79 Å². The van der Waals surface area contributed by atoms with Crippen molar-refractivity contribution in [2.75, 3.05) is 11.1 Å². The highest BCUT2D eigenvalue weighted by Gasteiger charge is 2.12. The third-order valence-corrected chi connectivity index (χ3v) is 4.70. The molecule has 0 radical (unpaired) electrons. The molecular weight excluding hydrogens is 334 g/mol. The molecule has 3 aromatic rings. The van der Waals surface area contributed by atoms with Crippen molar-refractivity contribution in [2.24, 2.45) is 0 Å². The maximum absolute atomic E-state index is 12.1. The maximum Gasteiger partial charge on any atom is 0.277 e. The van der Waals surface area contributed by atoms with E-state index >= 15 is 0 Å². The van der Waals surface area contributed by atoms with Gasteiger partial charge in [0.25, 0.3) is 5.22 Å². The van der Waals surface area contributed by atoms with E-state index in [1.54, 1.807) is 0 Å². The Morgan fingerprint density at radius 2 is 1.92 bits per heavy atom. The Morgan fingerprint density at radius 3 is 2.72 bits per heavy atom. The van der Waals surface area contributed by atoms with Crippen molar-refractivity contribution in [2.45, 2.75) is 26.0 Å². The van der Waals surface area contributed by atoms with Gasteiger partial charge in [0.1, 0.15) is 0 Å². The van der Waals surface area contributed by atoms with Crippen LogP contribution in [0.5, 0.6) is 0 Å². The smallest absolute Gasteiger partial charge is 0.277 e. The molecule has 0 saturated heterocycles. The number of anilines is 1. The minimum absolute atomic E-state index is 0.103. The van der Waals surface area contributed by atoms with Crippen LogP contribution in [0.1, 0.15) is 16.7 Å². The highest BCUT2D eigenvalue weighted by atomic mass is 32.2. The van der Waals surface area contributed by atoms with Gasteiger partial charge < -0.3 is 9.73 Å². The normalized spacial score (nSPS) is 10.7. The molecule has 0 aliphatic carbocycles. The molecule has 3 rings (SSSR count). The average Bonchev–Trinajstić information content (AvgIpc) is 3.06. The maximum atomic E-state index is 12.1. The van der Waals surface area contributed by atoms with Crippen LogP contribution in [0.2, 0.25) is 0 Å². The standard InChI is InChI=1S/C19H19N3O2S/c1-12-6-4-8-15(10-12)18-21-22-19(24-18)25-11-17(23)20-16-9-5-7-13(2)14(16)3/h4-10H,11H2,1-3H3,(H,20,23). The number of carbonyl (C=O) groups excluding carboxylic acids is 1. The molecule has 128 valence electrons. The second-order valence-electron chi connectivity index (χ2n) is 5.83. The van der Waals surface area contributed by atoms with Gasteiger partial charge in [0.15, 0.2) is 0 Å². The first kappa shape index (κ1) is 17.2. The number of benzene rings is 2. The van der Waals surface area contributed by atoms with Crippen LogP contribution in [0, 0.1) is 20.8 Å². The first-order valence-corrected chi connectivity index (χ1v) is 8.91. The molecule has 0 fully saturated rings. The molecule has 5 nitrogen and oxygen atoms in total. The lowest BCUT2D eigenvalue weighted by molar-refractivity contribution is -0.113. The number of thioether (sulfide) groups is 1. The van der Waals surface area contributed by atoms with Crippen molar-refractivity contribution in [1.29, 1.82) is 0 Å². The van der Waals surface area contributed by atoms with E-state index in [1.165, 1.54) is 11.8 Å². The fourth-order valence-electron chi connectivity index (χ4n) is 2.36. The Morgan fingerprint density at radius 1 is 1.12 bits per heavy atom. The summed E-state index contributed by atoms with van der Waals surface area (Å²) < 4.78 is 5.63. The second kappa shape index (κ2) is 7.53. The van der Waals surface area contributed by atoms with Gasteiger partial charge in [-0.15, -0.1) is 10.2 Å². The van der Waals surface area contributed by atoms with Crippen LogP contribution in [0.15, 0.2) is 52.1 Å². The Bertz CT molecular complexity index is 905. The number of hydrogen-bond donors (Lipinski definition) is 1. The summed E-state index contributed by atoms with van der Waals surface area (Å²) in [5.74, 6) is 0.568.